The quantitative estimate of drug-likeness (QED) is 0.607. The molecule has 146 valence electrons. The van der Waals surface area contributed by atoms with Crippen LogP contribution in [0.15, 0.2) is 53.6 Å². The second-order valence-corrected chi connectivity index (χ2v) is 9.95. The van der Waals surface area contributed by atoms with E-state index in [0.717, 1.165) is 21.0 Å². The second kappa shape index (κ2) is 8.43. The number of carbonyl (C=O) groups is 1. The smallest absolute Gasteiger partial charge is 0.258 e. The summed E-state index contributed by atoms with van der Waals surface area (Å²) in [7, 11) is -3.50. The van der Waals surface area contributed by atoms with E-state index in [1.165, 1.54) is 23.5 Å². The molecular weight excluding hydrogens is 416 g/mol. The third kappa shape index (κ3) is 4.43. The Morgan fingerprint density at radius 1 is 1.18 bits per heavy atom. The summed E-state index contributed by atoms with van der Waals surface area (Å²) in [5.41, 5.74) is 2.11. The van der Waals surface area contributed by atoms with Crippen LogP contribution in [-0.4, -0.2) is 25.1 Å². The van der Waals surface area contributed by atoms with E-state index < -0.39 is 15.7 Å². The predicted molar refractivity (Wildman–Crippen MR) is 113 cm³/mol. The summed E-state index contributed by atoms with van der Waals surface area (Å²) in [6.07, 6.45) is 2.29. The average molecular weight is 435 g/mol. The van der Waals surface area contributed by atoms with E-state index >= 15 is 0 Å². The molecule has 0 aliphatic rings. The zero-order valence-electron chi connectivity index (χ0n) is 15.4. The van der Waals surface area contributed by atoms with Crippen LogP contribution in [0.5, 0.6) is 0 Å². The highest BCUT2D eigenvalue weighted by molar-refractivity contribution is 7.91. The molecule has 5 nitrogen and oxygen atoms in total. The van der Waals surface area contributed by atoms with E-state index in [0.29, 0.717) is 11.6 Å². The Bertz CT molecular complexity index is 1120. The van der Waals surface area contributed by atoms with Crippen LogP contribution in [0.4, 0.5) is 5.13 Å². The van der Waals surface area contributed by atoms with E-state index in [-0.39, 0.29) is 16.2 Å². The SMILES string of the molecule is CCS(=O)(=O)c1ccccc1C(=O)Nc1ncc(Cc2cccc(C)c2Cl)s1. The molecule has 0 saturated carbocycles. The maximum atomic E-state index is 12.6. The van der Waals surface area contributed by atoms with Gasteiger partial charge >= 0.3 is 0 Å². The first kappa shape index (κ1) is 20.5. The van der Waals surface area contributed by atoms with Gasteiger partial charge in [-0.3, -0.25) is 10.1 Å². The number of rotatable bonds is 6. The number of anilines is 1. The van der Waals surface area contributed by atoms with Crippen LogP contribution in [0.1, 0.15) is 33.3 Å². The molecule has 1 heterocycles. The number of halogens is 1. The number of thiazole rings is 1. The Morgan fingerprint density at radius 3 is 2.68 bits per heavy atom. The summed E-state index contributed by atoms with van der Waals surface area (Å²) < 4.78 is 24.5. The lowest BCUT2D eigenvalue weighted by atomic mass is 10.1. The highest BCUT2D eigenvalue weighted by Gasteiger charge is 2.21. The lowest BCUT2D eigenvalue weighted by Gasteiger charge is -2.08. The average Bonchev–Trinajstić information content (AvgIpc) is 3.12. The summed E-state index contributed by atoms with van der Waals surface area (Å²) >= 11 is 7.68. The largest absolute Gasteiger partial charge is 0.298 e. The van der Waals surface area contributed by atoms with Crippen LogP contribution >= 0.6 is 22.9 Å². The Kier molecular flexibility index (Phi) is 6.17. The van der Waals surface area contributed by atoms with Crippen LogP contribution in [0.3, 0.4) is 0 Å². The van der Waals surface area contributed by atoms with Gasteiger partial charge in [0.25, 0.3) is 5.91 Å². The van der Waals surface area contributed by atoms with E-state index in [1.807, 2.05) is 25.1 Å². The van der Waals surface area contributed by atoms with Crippen molar-refractivity contribution in [3.63, 3.8) is 0 Å². The minimum absolute atomic E-state index is 0.0262. The lowest BCUT2D eigenvalue weighted by Crippen LogP contribution is -2.17. The molecule has 3 aromatic rings. The van der Waals surface area contributed by atoms with Gasteiger partial charge in [0.1, 0.15) is 0 Å². The van der Waals surface area contributed by atoms with E-state index in [2.05, 4.69) is 10.3 Å². The van der Waals surface area contributed by atoms with Crippen molar-refractivity contribution in [1.82, 2.24) is 4.98 Å². The van der Waals surface area contributed by atoms with Gasteiger partial charge in [0.2, 0.25) is 0 Å². The molecular formula is C20H19ClN2O3S2. The van der Waals surface area contributed by atoms with E-state index in [9.17, 15) is 13.2 Å². The maximum Gasteiger partial charge on any atom is 0.258 e. The first-order chi connectivity index (χ1) is 13.3. The number of nitrogens with zero attached hydrogens (tertiary/aromatic N) is 1. The van der Waals surface area contributed by atoms with Gasteiger partial charge in [0.15, 0.2) is 15.0 Å². The van der Waals surface area contributed by atoms with Gasteiger partial charge in [0.05, 0.1) is 16.2 Å². The molecule has 0 atom stereocenters. The van der Waals surface area contributed by atoms with Gasteiger partial charge < -0.3 is 0 Å². The molecule has 1 N–H and O–H groups in total. The number of hydrogen-bond acceptors (Lipinski definition) is 5. The first-order valence-electron chi connectivity index (χ1n) is 8.63. The van der Waals surface area contributed by atoms with Crippen LogP contribution in [0.25, 0.3) is 0 Å². The summed E-state index contributed by atoms with van der Waals surface area (Å²) in [5, 5.41) is 3.83. The number of benzene rings is 2. The number of amides is 1. The van der Waals surface area contributed by atoms with Gasteiger partial charge in [-0.25, -0.2) is 13.4 Å². The van der Waals surface area contributed by atoms with Crippen molar-refractivity contribution in [2.75, 3.05) is 11.1 Å². The monoisotopic (exact) mass is 434 g/mol. The lowest BCUT2D eigenvalue weighted by molar-refractivity contribution is 0.102. The first-order valence-corrected chi connectivity index (χ1v) is 11.5. The Morgan fingerprint density at radius 2 is 1.93 bits per heavy atom. The van der Waals surface area contributed by atoms with Crippen LogP contribution in [-0.2, 0) is 16.3 Å². The fourth-order valence-corrected chi connectivity index (χ4v) is 4.84. The molecule has 3 rings (SSSR count). The van der Waals surface area contributed by atoms with E-state index in [1.54, 1.807) is 25.3 Å². The molecule has 0 unspecified atom stereocenters. The molecule has 0 fully saturated rings. The van der Waals surface area contributed by atoms with Crippen LogP contribution in [0, 0.1) is 6.92 Å². The maximum absolute atomic E-state index is 12.6. The fourth-order valence-electron chi connectivity index (χ4n) is 2.72. The van der Waals surface area contributed by atoms with Gasteiger partial charge in [-0.15, -0.1) is 11.3 Å². The summed E-state index contributed by atoms with van der Waals surface area (Å²) in [6.45, 7) is 3.50. The minimum atomic E-state index is -3.50. The van der Waals surface area contributed by atoms with Crippen molar-refractivity contribution in [3.8, 4) is 0 Å². The highest BCUT2D eigenvalue weighted by Crippen LogP contribution is 2.27. The molecule has 0 saturated heterocycles. The predicted octanol–water partition coefficient (Wildman–Crippen LogP) is 4.74. The summed E-state index contributed by atoms with van der Waals surface area (Å²) in [4.78, 5) is 17.8. The van der Waals surface area contributed by atoms with Gasteiger partial charge in [-0.2, -0.15) is 0 Å². The zero-order valence-corrected chi connectivity index (χ0v) is 17.8. The Balaban J connectivity index is 1.79. The molecule has 8 heteroatoms. The van der Waals surface area contributed by atoms with Crippen molar-refractivity contribution < 1.29 is 13.2 Å². The van der Waals surface area contributed by atoms with E-state index in [4.69, 9.17) is 11.6 Å². The molecule has 0 spiro atoms. The van der Waals surface area contributed by atoms with Crippen LogP contribution < -0.4 is 5.32 Å². The number of aromatic nitrogens is 1. The molecule has 1 amide bonds. The number of aryl methyl sites for hydroxylation is 1. The van der Waals surface area contributed by atoms with Crippen molar-refractivity contribution in [3.05, 3.63) is 75.3 Å². The summed E-state index contributed by atoms with van der Waals surface area (Å²) in [5.74, 6) is -0.572. The Hall–Kier alpha value is -2.22. The number of carbonyl (C=O) groups excluding carboxylic acids is 1. The topological polar surface area (TPSA) is 76.1 Å². The normalized spacial score (nSPS) is 11.4. The third-order valence-electron chi connectivity index (χ3n) is 4.26. The Labute approximate surface area is 173 Å². The molecule has 28 heavy (non-hydrogen) atoms. The van der Waals surface area contributed by atoms with Gasteiger partial charge in [-0.1, -0.05) is 48.9 Å². The molecule has 0 bridgehead atoms. The standard InChI is InChI=1S/C20H19ClN2O3S2/c1-3-28(25,26)17-10-5-4-9-16(17)19(24)23-20-22-12-15(27-20)11-14-8-6-7-13(2)18(14)21/h4-10,12H,3,11H2,1-2H3,(H,22,23,24). The number of hydrogen-bond donors (Lipinski definition) is 1. The van der Waals surface area contributed by atoms with Crippen molar-refractivity contribution in [2.24, 2.45) is 0 Å². The molecule has 2 aromatic carbocycles. The van der Waals surface area contributed by atoms with Crippen LogP contribution in [0.2, 0.25) is 5.02 Å². The zero-order chi connectivity index (χ0) is 20.3. The fraction of sp³-hybridized carbons (Fsp3) is 0.200. The van der Waals surface area contributed by atoms with Gasteiger partial charge in [-0.05, 0) is 30.2 Å². The van der Waals surface area contributed by atoms with Crippen molar-refractivity contribution >= 4 is 43.8 Å². The highest BCUT2D eigenvalue weighted by atomic mass is 35.5. The van der Waals surface area contributed by atoms with Crippen molar-refractivity contribution in [2.45, 2.75) is 25.2 Å². The molecule has 0 aliphatic heterocycles. The molecule has 0 aliphatic carbocycles. The van der Waals surface area contributed by atoms with Gasteiger partial charge in [0, 0.05) is 22.5 Å². The molecule has 0 radical (unpaired) electrons. The third-order valence-corrected chi connectivity index (χ3v) is 7.50. The second-order valence-electron chi connectivity index (χ2n) is 6.21. The summed E-state index contributed by atoms with van der Waals surface area (Å²) in [6, 6.07) is 12.0. The minimum Gasteiger partial charge on any atom is -0.298 e. The van der Waals surface area contributed by atoms with Crippen molar-refractivity contribution in [1.29, 1.82) is 0 Å². The number of nitrogens with one attached hydrogen (secondary N) is 1. The molecule has 1 aromatic heterocycles. The number of sulfone groups is 1.